The molecule has 7 nitrogen and oxygen atoms in total. The van der Waals surface area contributed by atoms with Gasteiger partial charge in [-0.2, -0.15) is 0 Å². The predicted octanol–water partition coefficient (Wildman–Crippen LogP) is 3.19. The SMILES string of the molecule is Cc1cc(C=Nc2ccc(C(=O)O)cc2)c(C)n1-c1ccc(S(N)(=O)=O)cc1. The lowest BCUT2D eigenvalue weighted by atomic mass is 10.2. The van der Waals surface area contributed by atoms with Crippen molar-refractivity contribution in [2.24, 2.45) is 10.1 Å². The van der Waals surface area contributed by atoms with Crippen LogP contribution < -0.4 is 5.14 Å². The summed E-state index contributed by atoms with van der Waals surface area (Å²) in [5.74, 6) is -0.979. The Morgan fingerprint density at radius 1 is 1.07 bits per heavy atom. The van der Waals surface area contributed by atoms with Crippen LogP contribution in [0.1, 0.15) is 27.3 Å². The molecule has 3 aromatic rings. The van der Waals surface area contributed by atoms with E-state index in [9.17, 15) is 13.2 Å². The number of primary sulfonamides is 1. The molecule has 0 aliphatic carbocycles. The molecule has 0 saturated heterocycles. The van der Waals surface area contributed by atoms with Crippen LogP contribution in [0.15, 0.2) is 64.5 Å². The number of hydrogen-bond donors (Lipinski definition) is 2. The third-order valence-electron chi connectivity index (χ3n) is 4.36. The Kier molecular flexibility index (Phi) is 5.17. The van der Waals surface area contributed by atoms with Gasteiger partial charge in [0, 0.05) is 28.9 Å². The Bertz CT molecular complexity index is 1160. The maximum absolute atomic E-state index is 11.4. The number of nitrogens with zero attached hydrogens (tertiary/aromatic N) is 2. The number of sulfonamides is 1. The van der Waals surface area contributed by atoms with Crippen LogP contribution in [0.4, 0.5) is 5.69 Å². The minimum absolute atomic E-state index is 0.0605. The van der Waals surface area contributed by atoms with Gasteiger partial charge in [0.1, 0.15) is 0 Å². The molecule has 144 valence electrons. The number of rotatable bonds is 5. The number of aliphatic imine (C=N–C) groups is 1. The lowest BCUT2D eigenvalue weighted by Gasteiger charge is -2.10. The summed E-state index contributed by atoms with van der Waals surface area (Å²) in [5.41, 5.74) is 4.46. The zero-order chi connectivity index (χ0) is 20.5. The monoisotopic (exact) mass is 397 g/mol. The van der Waals surface area contributed by atoms with Gasteiger partial charge in [0.2, 0.25) is 10.0 Å². The zero-order valence-corrected chi connectivity index (χ0v) is 16.1. The molecule has 28 heavy (non-hydrogen) atoms. The van der Waals surface area contributed by atoms with E-state index in [4.69, 9.17) is 10.2 Å². The number of aromatic nitrogens is 1. The molecule has 0 radical (unpaired) electrons. The lowest BCUT2D eigenvalue weighted by molar-refractivity contribution is 0.0697. The highest BCUT2D eigenvalue weighted by Gasteiger charge is 2.12. The third-order valence-corrected chi connectivity index (χ3v) is 5.29. The molecule has 3 rings (SSSR count). The molecule has 3 N–H and O–H groups in total. The third kappa shape index (κ3) is 4.03. The standard InChI is InChI=1S/C20H19N3O4S/c1-13-11-16(12-22-17-5-3-15(4-6-17)20(24)25)14(2)23(13)18-7-9-19(10-8-18)28(21,26)27/h3-12H,1-2H3,(H,24,25)(H2,21,26,27). The van der Waals surface area contributed by atoms with Crippen LogP contribution >= 0.6 is 0 Å². The second-order valence-corrected chi connectivity index (χ2v) is 7.87. The van der Waals surface area contributed by atoms with E-state index < -0.39 is 16.0 Å². The van der Waals surface area contributed by atoms with E-state index in [-0.39, 0.29) is 10.5 Å². The van der Waals surface area contributed by atoms with Crippen molar-refractivity contribution in [1.29, 1.82) is 0 Å². The normalized spacial score (nSPS) is 11.8. The molecule has 0 atom stereocenters. The van der Waals surface area contributed by atoms with Gasteiger partial charge < -0.3 is 9.67 Å². The first-order chi connectivity index (χ1) is 13.2. The van der Waals surface area contributed by atoms with Crippen molar-refractivity contribution in [3.05, 3.63) is 77.1 Å². The minimum atomic E-state index is -3.73. The molecule has 0 amide bonds. The highest BCUT2D eigenvalue weighted by atomic mass is 32.2. The van der Waals surface area contributed by atoms with Crippen LogP contribution in [0.5, 0.6) is 0 Å². The maximum atomic E-state index is 11.4. The largest absolute Gasteiger partial charge is 0.478 e. The van der Waals surface area contributed by atoms with Gasteiger partial charge >= 0.3 is 5.97 Å². The van der Waals surface area contributed by atoms with Crippen molar-refractivity contribution in [2.75, 3.05) is 0 Å². The van der Waals surface area contributed by atoms with Gasteiger partial charge in [-0.3, -0.25) is 4.99 Å². The van der Waals surface area contributed by atoms with Gasteiger partial charge in [0.15, 0.2) is 0 Å². The number of aromatic carboxylic acids is 1. The fourth-order valence-electron chi connectivity index (χ4n) is 2.93. The number of carbonyl (C=O) groups is 1. The molecule has 0 saturated carbocycles. The fourth-order valence-corrected chi connectivity index (χ4v) is 3.45. The second kappa shape index (κ2) is 7.41. The van der Waals surface area contributed by atoms with Crippen LogP contribution in [0.25, 0.3) is 5.69 Å². The summed E-state index contributed by atoms with van der Waals surface area (Å²) in [5, 5.41) is 14.1. The maximum Gasteiger partial charge on any atom is 0.335 e. The van der Waals surface area contributed by atoms with Gasteiger partial charge in [-0.15, -0.1) is 0 Å². The van der Waals surface area contributed by atoms with E-state index in [0.717, 1.165) is 22.6 Å². The van der Waals surface area contributed by atoms with Gasteiger partial charge in [-0.05, 0) is 68.4 Å². The number of carboxylic acid groups (broad SMARTS) is 1. The number of nitrogens with two attached hydrogens (primary N) is 1. The van der Waals surface area contributed by atoms with Crippen LogP contribution in [0.2, 0.25) is 0 Å². The Hall–Kier alpha value is -3.23. The number of benzene rings is 2. The van der Waals surface area contributed by atoms with E-state index >= 15 is 0 Å². The fraction of sp³-hybridized carbons (Fsp3) is 0.100. The summed E-state index contributed by atoms with van der Waals surface area (Å²) < 4.78 is 24.8. The first kappa shape index (κ1) is 19.5. The van der Waals surface area contributed by atoms with Gasteiger partial charge in [-0.1, -0.05) is 0 Å². The zero-order valence-electron chi connectivity index (χ0n) is 15.3. The summed E-state index contributed by atoms with van der Waals surface area (Å²) in [7, 11) is -3.73. The summed E-state index contributed by atoms with van der Waals surface area (Å²) in [6.45, 7) is 3.88. The topological polar surface area (TPSA) is 115 Å². The van der Waals surface area contributed by atoms with Crippen molar-refractivity contribution < 1.29 is 18.3 Å². The first-order valence-electron chi connectivity index (χ1n) is 8.36. The van der Waals surface area contributed by atoms with Gasteiger partial charge in [0.25, 0.3) is 0 Å². The average molecular weight is 397 g/mol. The predicted molar refractivity (Wildman–Crippen MR) is 107 cm³/mol. The smallest absolute Gasteiger partial charge is 0.335 e. The van der Waals surface area contributed by atoms with E-state index in [1.165, 1.54) is 24.3 Å². The molecular weight excluding hydrogens is 378 g/mol. The lowest BCUT2D eigenvalue weighted by Crippen LogP contribution is -2.12. The van der Waals surface area contributed by atoms with Crippen LogP contribution in [0, 0.1) is 13.8 Å². The number of carboxylic acids is 1. The van der Waals surface area contributed by atoms with Crippen molar-refractivity contribution in [2.45, 2.75) is 18.7 Å². The first-order valence-corrected chi connectivity index (χ1v) is 9.91. The molecule has 0 spiro atoms. The minimum Gasteiger partial charge on any atom is -0.478 e. The molecule has 2 aromatic carbocycles. The van der Waals surface area contributed by atoms with Gasteiger partial charge in [-0.25, -0.2) is 18.4 Å². The summed E-state index contributed by atoms with van der Waals surface area (Å²) in [4.78, 5) is 15.4. The molecule has 8 heteroatoms. The molecule has 0 unspecified atom stereocenters. The number of hydrogen-bond acceptors (Lipinski definition) is 4. The molecule has 0 fully saturated rings. The van der Waals surface area contributed by atoms with Crippen molar-refractivity contribution in [1.82, 2.24) is 4.57 Å². The Morgan fingerprint density at radius 3 is 2.21 bits per heavy atom. The molecule has 1 heterocycles. The summed E-state index contributed by atoms with van der Waals surface area (Å²) >= 11 is 0. The molecular formula is C20H19N3O4S. The average Bonchev–Trinajstić information content (AvgIpc) is 2.93. The Labute approximate surface area is 162 Å². The van der Waals surface area contributed by atoms with Crippen LogP contribution in [-0.2, 0) is 10.0 Å². The Balaban J connectivity index is 1.90. The molecule has 0 bridgehead atoms. The molecule has 1 aromatic heterocycles. The number of aryl methyl sites for hydroxylation is 1. The highest BCUT2D eigenvalue weighted by molar-refractivity contribution is 7.89. The van der Waals surface area contributed by atoms with Crippen LogP contribution in [0.3, 0.4) is 0 Å². The molecule has 0 aliphatic heterocycles. The van der Waals surface area contributed by atoms with E-state index in [2.05, 4.69) is 4.99 Å². The van der Waals surface area contributed by atoms with Crippen LogP contribution in [-0.4, -0.2) is 30.3 Å². The Morgan fingerprint density at radius 2 is 1.68 bits per heavy atom. The van der Waals surface area contributed by atoms with Gasteiger partial charge in [0.05, 0.1) is 16.1 Å². The second-order valence-electron chi connectivity index (χ2n) is 6.31. The van der Waals surface area contributed by atoms with Crippen molar-refractivity contribution in [3.8, 4) is 5.69 Å². The summed E-state index contributed by atoms with van der Waals surface area (Å²) in [6, 6.07) is 14.6. The van der Waals surface area contributed by atoms with Crippen molar-refractivity contribution in [3.63, 3.8) is 0 Å². The summed E-state index contributed by atoms with van der Waals surface area (Å²) in [6.07, 6.45) is 1.72. The van der Waals surface area contributed by atoms with E-state index in [1.54, 1.807) is 30.5 Å². The van der Waals surface area contributed by atoms with Crippen molar-refractivity contribution >= 4 is 27.9 Å². The highest BCUT2D eigenvalue weighted by Crippen LogP contribution is 2.22. The molecule has 0 aliphatic rings. The van der Waals surface area contributed by atoms with E-state index in [1.807, 2.05) is 24.5 Å². The van der Waals surface area contributed by atoms with E-state index in [0.29, 0.717) is 5.69 Å². The quantitative estimate of drug-likeness (QED) is 0.643.